The molecule has 1 aromatic rings. The van der Waals surface area contributed by atoms with Gasteiger partial charge in [0.25, 0.3) is 0 Å². The Morgan fingerprint density at radius 3 is 2.46 bits per heavy atom. The topological polar surface area (TPSA) is 35.2 Å². The van der Waals surface area contributed by atoms with Gasteiger partial charge in [-0.15, -0.1) is 0 Å². The quantitative estimate of drug-likeness (QED) is 0.831. The lowest BCUT2D eigenvalue weighted by atomic mass is 10.1. The number of rotatable bonds is 2. The van der Waals surface area contributed by atoms with Crippen LogP contribution in [0.15, 0.2) is 12.1 Å². The SMILES string of the molecule is COc1c(Cl)cc(Cl)cc1C(C)N. The normalized spacial score (nSPS) is 12.7. The van der Waals surface area contributed by atoms with E-state index < -0.39 is 0 Å². The van der Waals surface area contributed by atoms with Gasteiger partial charge in [-0.25, -0.2) is 0 Å². The maximum absolute atomic E-state index is 5.91. The van der Waals surface area contributed by atoms with Gasteiger partial charge in [-0.2, -0.15) is 0 Å². The molecule has 1 rings (SSSR count). The minimum atomic E-state index is -0.147. The molecule has 0 heterocycles. The van der Waals surface area contributed by atoms with Crippen LogP contribution in [0.1, 0.15) is 18.5 Å². The molecule has 72 valence electrons. The lowest BCUT2D eigenvalue weighted by Crippen LogP contribution is -2.07. The Kier molecular flexibility index (Phi) is 3.42. The van der Waals surface area contributed by atoms with Crippen molar-refractivity contribution in [2.45, 2.75) is 13.0 Å². The number of hydrogen-bond acceptors (Lipinski definition) is 2. The molecule has 13 heavy (non-hydrogen) atoms. The molecule has 4 heteroatoms. The number of ether oxygens (including phenoxy) is 1. The van der Waals surface area contributed by atoms with E-state index in [-0.39, 0.29) is 6.04 Å². The summed E-state index contributed by atoms with van der Waals surface area (Å²) in [6.07, 6.45) is 0. The van der Waals surface area contributed by atoms with Crippen molar-refractivity contribution in [2.24, 2.45) is 5.73 Å². The largest absolute Gasteiger partial charge is 0.495 e. The van der Waals surface area contributed by atoms with Gasteiger partial charge in [0.05, 0.1) is 12.1 Å². The van der Waals surface area contributed by atoms with Crippen LogP contribution in [-0.2, 0) is 0 Å². The van der Waals surface area contributed by atoms with Gasteiger partial charge in [-0.05, 0) is 19.1 Å². The lowest BCUT2D eigenvalue weighted by molar-refractivity contribution is 0.407. The molecule has 1 aromatic carbocycles. The summed E-state index contributed by atoms with van der Waals surface area (Å²) in [5.74, 6) is 0.598. The van der Waals surface area contributed by atoms with Crippen molar-refractivity contribution >= 4 is 23.2 Å². The van der Waals surface area contributed by atoms with Crippen LogP contribution in [-0.4, -0.2) is 7.11 Å². The zero-order valence-corrected chi connectivity index (χ0v) is 8.99. The molecule has 0 saturated heterocycles. The Morgan fingerprint density at radius 2 is 2.00 bits per heavy atom. The fraction of sp³-hybridized carbons (Fsp3) is 0.333. The number of hydrogen-bond donors (Lipinski definition) is 1. The van der Waals surface area contributed by atoms with Gasteiger partial charge in [-0.1, -0.05) is 23.2 Å². The summed E-state index contributed by atoms with van der Waals surface area (Å²) in [5.41, 5.74) is 6.55. The summed E-state index contributed by atoms with van der Waals surface area (Å²) < 4.78 is 5.12. The minimum absolute atomic E-state index is 0.147. The summed E-state index contributed by atoms with van der Waals surface area (Å²) in [6, 6.07) is 3.25. The molecule has 0 radical (unpaired) electrons. The van der Waals surface area contributed by atoms with E-state index in [0.717, 1.165) is 5.56 Å². The summed E-state index contributed by atoms with van der Waals surface area (Å²) >= 11 is 11.7. The average molecular weight is 220 g/mol. The minimum Gasteiger partial charge on any atom is -0.495 e. The molecular weight excluding hydrogens is 209 g/mol. The third-order valence-corrected chi connectivity index (χ3v) is 2.23. The van der Waals surface area contributed by atoms with Crippen LogP contribution in [0.25, 0.3) is 0 Å². The van der Waals surface area contributed by atoms with Gasteiger partial charge in [0, 0.05) is 16.6 Å². The monoisotopic (exact) mass is 219 g/mol. The van der Waals surface area contributed by atoms with Crippen molar-refractivity contribution in [1.82, 2.24) is 0 Å². The number of nitrogens with two attached hydrogens (primary N) is 1. The molecule has 0 saturated carbocycles. The maximum atomic E-state index is 5.91. The molecule has 0 aromatic heterocycles. The maximum Gasteiger partial charge on any atom is 0.142 e. The summed E-state index contributed by atoms with van der Waals surface area (Å²) in [6.45, 7) is 1.85. The first-order valence-corrected chi connectivity index (χ1v) is 4.60. The molecule has 1 unspecified atom stereocenters. The Labute approximate surface area is 87.6 Å². The predicted molar refractivity (Wildman–Crippen MR) is 55.6 cm³/mol. The second kappa shape index (κ2) is 4.18. The Morgan fingerprint density at radius 1 is 1.38 bits per heavy atom. The standard InChI is InChI=1S/C9H11Cl2NO/c1-5(12)7-3-6(10)4-8(11)9(7)13-2/h3-5H,12H2,1-2H3. The van der Waals surface area contributed by atoms with Crippen LogP contribution in [0.2, 0.25) is 10.0 Å². The van der Waals surface area contributed by atoms with Crippen molar-refractivity contribution in [3.05, 3.63) is 27.7 Å². The van der Waals surface area contributed by atoms with Crippen LogP contribution in [0.4, 0.5) is 0 Å². The summed E-state index contributed by atoms with van der Waals surface area (Å²) in [4.78, 5) is 0. The summed E-state index contributed by atoms with van der Waals surface area (Å²) in [5, 5.41) is 1.06. The van der Waals surface area contributed by atoms with Crippen molar-refractivity contribution in [3.63, 3.8) is 0 Å². The molecule has 0 aliphatic heterocycles. The van der Waals surface area contributed by atoms with Crippen LogP contribution < -0.4 is 10.5 Å². The molecule has 0 aliphatic rings. The zero-order valence-electron chi connectivity index (χ0n) is 7.47. The Balaban J connectivity index is 3.29. The van der Waals surface area contributed by atoms with E-state index in [1.165, 1.54) is 0 Å². The van der Waals surface area contributed by atoms with E-state index in [2.05, 4.69) is 0 Å². The fourth-order valence-corrected chi connectivity index (χ4v) is 1.72. The number of halogens is 2. The first-order valence-electron chi connectivity index (χ1n) is 3.84. The average Bonchev–Trinajstić information content (AvgIpc) is 2.02. The van der Waals surface area contributed by atoms with Crippen LogP contribution >= 0.6 is 23.2 Å². The third-order valence-electron chi connectivity index (χ3n) is 1.73. The Bertz CT molecular complexity index is 313. The van der Waals surface area contributed by atoms with Crippen LogP contribution in [0, 0.1) is 0 Å². The molecule has 0 fully saturated rings. The zero-order chi connectivity index (χ0) is 10.0. The van der Waals surface area contributed by atoms with Gasteiger partial charge in [0.15, 0.2) is 0 Å². The summed E-state index contributed by atoms with van der Waals surface area (Å²) in [7, 11) is 1.56. The fourth-order valence-electron chi connectivity index (χ4n) is 1.13. The van der Waals surface area contributed by atoms with Gasteiger partial charge in [0.2, 0.25) is 0 Å². The van der Waals surface area contributed by atoms with E-state index in [1.54, 1.807) is 19.2 Å². The van der Waals surface area contributed by atoms with Crippen molar-refractivity contribution < 1.29 is 4.74 Å². The lowest BCUT2D eigenvalue weighted by Gasteiger charge is -2.13. The molecule has 0 amide bonds. The van der Waals surface area contributed by atoms with Gasteiger partial charge in [0.1, 0.15) is 5.75 Å². The van der Waals surface area contributed by atoms with Crippen LogP contribution in [0.5, 0.6) is 5.75 Å². The first kappa shape index (κ1) is 10.6. The van der Waals surface area contributed by atoms with Gasteiger partial charge in [-0.3, -0.25) is 0 Å². The highest BCUT2D eigenvalue weighted by atomic mass is 35.5. The highest BCUT2D eigenvalue weighted by molar-refractivity contribution is 6.35. The van der Waals surface area contributed by atoms with Gasteiger partial charge < -0.3 is 10.5 Å². The second-order valence-corrected chi connectivity index (χ2v) is 3.64. The molecule has 0 bridgehead atoms. The Hall–Kier alpha value is -0.440. The predicted octanol–water partition coefficient (Wildman–Crippen LogP) is 3.02. The van der Waals surface area contributed by atoms with E-state index >= 15 is 0 Å². The first-order chi connectivity index (χ1) is 6.06. The van der Waals surface area contributed by atoms with Crippen LogP contribution in [0.3, 0.4) is 0 Å². The van der Waals surface area contributed by atoms with E-state index in [0.29, 0.717) is 15.8 Å². The molecule has 2 nitrogen and oxygen atoms in total. The third kappa shape index (κ3) is 2.27. The number of benzene rings is 1. The van der Waals surface area contributed by atoms with E-state index in [4.69, 9.17) is 33.7 Å². The van der Waals surface area contributed by atoms with Crippen molar-refractivity contribution in [2.75, 3.05) is 7.11 Å². The molecule has 1 atom stereocenters. The van der Waals surface area contributed by atoms with E-state index in [9.17, 15) is 0 Å². The molecule has 0 aliphatic carbocycles. The smallest absolute Gasteiger partial charge is 0.142 e. The second-order valence-electron chi connectivity index (χ2n) is 2.80. The molecular formula is C9H11Cl2NO. The highest BCUT2D eigenvalue weighted by Crippen LogP contribution is 2.34. The van der Waals surface area contributed by atoms with Crippen molar-refractivity contribution in [3.8, 4) is 5.75 Å². The molecule has 0 spiro atoms. The van der Waals surface area contributed by atoms with Crippen molar-refractivity contribution in [1.29, 1.82) is 0 Å². The molecule has 2 N–H and O–H groups in total. The van der Waals surface area contributed by atoms with Gasteiger partial charge >= 0.3 is 0 Å². The van der Waals surface area contributed by atoms with E-state index in [1.807, 2.05) is 6.92 Å². The number of methoxy groups -OCH3 is 1. The highest BCUT2D eigenvalue weighted by Gasteiger charge is 2.12.